The monoisotopic (exact) mass is 285 g/mol. The van der Waals surface area contributed by atoms with E-state index >= 15 is 0 Å². The van der Waals surface area contributed by atoms with Gasteiger partial charge < -0.3 is 10.4 Å². The van der Waals surface area contributed by atoms with Crippen LogP contribution in [-0.2, 0) is 11.8 Å². The van der Waals surface area contributed by atoms with Gasteiger partial charge in [0.05, 0.1) is 17.1 Å². The zero-order chi connectivity index (χ0) is 13.1. The zero-order valence-corrected chi connectivity index (χ0v) is 11.4. The van der Waals surface area contributed by atoms with E-state index < -0.39 is 5.97 Å². The van der Waals surface area contributed by atoms with Crippen molar-refractivity contribution in [2.45, 2.75) is 11.3 Å². The number of nitrogens with one attached hydrogen (secondary N) is 1. The second-order valence-electron chi connectivity index (χ2n) is 3.48. The summed E-state index contributed by atoms with van der Waals surface area (Å²) in [6, 6.07) is 0. The number of aliphatic carboxylic acids is 1. The highest BCUT2D eigenvalue weighted by atomic mass is 32.2. The number of hydrogen-bond acceptors (Lipinski definition) is 7. The van der Waals surface area contributed by atoms with Gasteiger partial charge in [-0.2, -0.15) is 5.10 Å². The minimum absolute atomic E-state index is 0.0133. The van der Waals surface area contributed by atoms with Crippen molar-refractivity contribution in [3.05, 3.63) is 11.9 Å². The van der Waals surface area contributed by atoms with Crippen molar-refractivity contribution in [1.29, 1.82) is 0 Å². The van der Waals surface area contributed by atoms with E-state index in [0.717, 1.165) is 23.1 Å². The smallest absolute Gasteiger partial charge is 0.313 e. The number of anilines is 2. The lowest BCUT2D eigenvalue weighted by Gasteiger charge is -1.97. The van der Waals surface area contributed by atoms with Crippen molar-refractivity contribution in [3.8, 4) is 0 Å². The van der Waals surface area contributed by atoms with E-state index in [-0.39, 0.29) is 5.75 Å². The van der Waals surface area contributed by atoms with Gasteiger partial charge in [0.25, 0.3) is 0 Å². The standard InChI is InChI=1S/C9H11N5O2S2/c1-5-6(3-14(2)13-5)10-8-11-12-9(18-8)17-4-7(15)16/h3H,4H2,1-2H3,(H,10,11)(H,15,16). The molecule has 0 aromatic carbocycles. The third-order valence-electron chi connectivity index (χ3n) is 1.98. The fourth-order valence-electron chi connectivity index (χ4n) is 1.28. The number of carboxylic acid groups (broad SMARTS) is 1. The van der Waals surface area contributed by atoms with Crippen LogP contribution in [0.15, 0.2) is 10.5 Å². The molecular weight excluding hydrogens is 274 g/mol. The molecule has 18 heavy (non-hydrogen) atoms. The van der Waals surface area contributed by atoms with Crippen LogP contribution in [0.4, 0.5) is 10.8 Å². The molecule has 96 valence electrons. The Morgan fingerprint density at radius 1 is 1.61 bits per heavy atom. The van der Waals surface area contributed by atoms with Crippen molar-refractivity contribution in [3.63, 3.8) is 0 Å². The molecule has 0 fully saturated rings. The van der Waals surface area contributed by atoms with Crippen LogP contribution >= 0.6 is 23.1 Å². The Morgan fingerprint density at radius 2 is 2.39 bits per heavy atom. The van der Waals surface area contributed by atoms with E-state index in [1.807, 2.05) is 20.2 Å². The lowest BCUT2D eigenvalue weighted by molar-refractivity contribution is -0.133. The van der Waals surface area contributed by atoms with E-state index in [4.69, 9.17) is 5.11 Å². The lowest BCUT2D eigenvalue weighted by Crippen LogP contribution is -1.96. The Hall–Kier alpha value is -1.61. The number of nitrogens with zero attached hydrogens (tertiary/aromatic N) is 4. The first-order chi connectivity index (χ1) is 8.54. The number of rotatable bonds is 5. The van der Waals surface area contributed by atoms with E-state index in [1.54, 1.807) is 4.68 Å². The maximum Gasteiger partial charge on any atom is 0.313 e. The van der Waals surface area contributed by atoms with Gasteiger partial charge in [-0.1, -0.05) is 23.1 Å². The molecule has 0 spiro atoms. The Morgan fingerprint density at radius 3 is 3.00 bits per heavy atom. The second-order valence-corrected chi connectivity index (χ2v) is 5.68. The van der Waals surface area contributed by atoms with Gasteiger partial charge in [0.15, 0.2) is 4.34 Å². The summed E-state index contributed by atoms with van der Waals surface area (Å²) in [5.74, 6) is -0.881. The van der Waals surface area contributed by atoms with Crippen LogP contribution < -0.4 is 5.32 Å². The highest BCUT2D eigenvalue weighted by Gasteiger charge is 2.09. The van der Waals surface area contributed by atoms with Gasteiger partial charge in [0.2, 0.25) is 5.13 Å². The van der Waals surface area contributed by atoms with Gasteiger partial charge in [-0.15, -0.1) is 10.2 Å². The largest absolute Gasteiger partial charge is 0.481 e. The van der Waals surface area contributed by atoms with Crippen molar-refractivity contribution >= 4 is 39.9 Å². The molecule has 0 aliphatic rings. The van der Waals surface area contributed by atoms with E-state index in [2.05, 4.69) is 20.6 Å². The molecule has 0 radical (unpaired) electrons. The van der Waals surface area contributed by atoms with Crippen molar-refractivity contribution in [2.24, 2.45) is 7.05 Å². The predicted octanol–water partition coefficient (Wildman–Crippen LogP) is 1.50. The average molecular weight is 285 g/mol. The molecule has 0 aliphatic heterocycles. The minimum Gasteiger partial charge on any atom is -0.481 e. The highest BCUT2D eigenvalue weighted by Crippen LogP contribution is 2.28. The maximum absolute atomic E-state index is 10.4. The van der Waals surface area contributed by atoms with E-state index in [1.165, 1.54) is 11.3 Å². The summed E-state index contributed by atoms with van der Waals surface area (Å²) in [5, 5.41) is 24.3. The van der Waals surface area contributed by atoms with Gasteiger partial charge in [0.1, 0.15) is 0 Å². The Bertz CT molecular complexity index is 565. The molecule has 2 rings (SSSR count). The molecule has 0 amide bonds. The summed E-state index contributed by atoms with van der Waals surface area (Å²) in [5.41, 5.74) is 1.73. The maximum atomic E-state index is 10.4. The van der Waals surface area contributed by atoms with Crippen LogP contribution in [0.3, 0.4) is 0 Å². The molecule has 2 N–H and O–H groups in total. The summed E-state index contributed by atoms with van der Waals surface area (Å²) in [4.78, 5) is 10.4. The van der Waals surface area contributed by atoms with E-state index in [0.29, 0.717) is 9.47 Å². The topological polar surface area (TPSA) is 92.9 Å². The van der Waals surface area contributed by atoms with Crippen molar-refractivity contribution in [2.75, 3.05) is 11.1 Å². The van der Waals surface area contributed by atoms with Crippen LogP contribution in [0.5, 0.6) is 0 Å². The van der Waals surface area contributed by atoms with Crippen molar-refractivity contribution < 1.29 is 9.90 Å². The molecule has 2 aromatic heterocycles. The van der Waals surface area contributed by atoms with Crippen LogP contribution in [0.1, 0.15) is 5.69 Å². The first kappa shape index (κ1) is 12.8. The van der Waals surface area contributed by atoms with Gasteiger partial charge in [0, 0.05) is 13.2 Å². The molecule has 9 heteroatoms. The molecule has 0 saturated heterocycles. The highest BCUT2D eigenvalue weighted by molar-refractivity contribution is 8.01. The summed E-state index contributed by atoms with van der Waals surface area (Å²) in [6.07, 6.45) is 1.85. The molecule has 2 heterocycles. The predicted molar refractivity (Wildman–Crippen MR) is 69.5 cm³/mol. The zero-order valence-electron chi connectivity index (χ0n) is 9.75. The molecule has 2 aromatic rings. The molecular formula is C9H11N5O2S2. The first-order valence-electron chi connectivity index (χ1n) is 5.00. The van der Waals surface area contributed by atoms with Gasteiger partial charge in [-0.25, -0.2) is 0 Å². The Labute approximate surface area is 111 Å². The first-order valence-corrected chi connectivity index (χ1v) is 6.80. The molecule has 7 nitrogen and oxygen atoms in total. The summed E-state index contributed by atoms with van der Waals surface area (Å²) < 4.78 is 2.33. The van der Waals surface area contributed by atoms with Crippen LogP contribution in [0.2, 0.25) is 0 Å². The SMILES string of the molecule is Cc1nn(C)cc1Nc1nnc(SCC(=O)O)s1. The third-order valence-corrected chi connectivity index (χ3v) is 3.94. The summed E-state index contributed by atoms with van der Waals surface area (Å²) >= 11 is 2.47. The normalized spacial score (nSPS) is 10.6. The van der Waals surface area contributed by atoms with Crippen LogP contribution in [-0.4, -0.2) is 36.8 Å². The fourth-order valence-corrected chi connectivity index (χ4v) is 2.76. The molecule has 0 bridgehead atoms. The van der Waals surface area contributed by atoms with Gasteiger partial charge in [-0.3, -0.25) is 9.48 Å². The second kappa shape index (κ2) is 5.36. The van der Waals surface area contributed by atoms with Crippen molar-refractivity contribution in [1.82, 2.24) is 20.0 Å². The molecule has 0 aliphatic carbocycles. The minimum atomic E-state index is -0.868. The Balaban J connectivity index is 2.02. The van der Waals surface area contributed by atoms with Crippen LogP contribution in [0, 0.1) is 6.92 Å². The number of hydrogen-bond donors (Lipinski definition) is 2. The lowest BCUT2D eigenvalue weighted by atomic mass is 10.4. The number of carbonyl (C=O) groups is 1. The molecule has 0 atom stereocenters. The fraction of sp³-hybridized carbons (Fsp3) is 0.333. The Kier molecular flexibility index (Phi) is 3.82. The van der Waals surface area contributed by atoms with Gasteiger partial charge in [-0.05, 0) is 6.92 Å². The number of aryl methyl sites for hydroxylation is 2. The van der Waals surface area contributed by atoms with Crippen LogP contribution in [0.25, 0.3) is 0 Å². The van der Waals surface area contributed by atoms with E-state index in [9.17, 15) is 4.79 Å². The molecule has 0 saturated carbocycles. The quantitative estimate of drug-likeness (QED) is 0.804. The number of carboxylic acids is 1. The summed E-state index contributed by atoms with van der Waals surface area (Å²) in [7, 11) is 1.84. The summed E-state index contributed by atoms with van der Waals surface area (Å²) in [6.45, 7) is 1.89. The number of aromatic nitrogens is 4. The third kappa shape index (κ3) is 3.20. The van der Waals surface area contributed by atoms with Gasteiger partial charge >= 0.3 is 5.97 Å². The average Bonchev–Trinajstić information content (AvgIpc) is 2.84. The number of thioether (sulfide) groups is 1. The molecule has 0 unspecified atom stereocenters.